The van der Waals surface area contributed by atoms with Gasteiger partial charge in [0.25, 0.3) is 0 Å². The number of hydrogen-bond donors (Lipinski definition) is 1. The number of fused-ring (bicyclic) bond motifs is 1. The number of para-hydroxylation sites is 2. The third-order valence-electron chi connectivity index (χ3n) is 4.60. The molecule has 0 radical (unpaired) electrons. The minimum absolute atomic E-state index is 0.117. The molecule has 0 aliphatic rings. The van der Waals surface area contributed by atoms with Crippen LogP contribution in [0.1, 0.15) is 36.2 Å². The maximum atomic E-state index is 12.0. The molecule has 140 valence electrons. The van der Waals surface area contributed by atoms with Gasteiger partial charge in [0.1, 0.15) is 12.0 Å². The lowest BCUT2D eigenvalue weighted by molar-refractivity contribution is 0.101. The van der Waals surface area contributed by atoms with E-state index in [0.717, 1.165) is 42.6 Å². The van der Waals surface area contributed by atoms with E-state index in [-0.39, 0.29) is 5.78 Å². The molecule has 4 heteroatoms. The first-order valence-corrected chi connectivity index (χ1v) is 9.42. The molecule has 1 N–H and O–H groups in total. The minimum atomic E-state index is 0.117. The summed E-state index contributed by atoms with van der Waals surface area (Å²) in [7, 11) is 0. The van der Waals surface area contributed by atoms with Crippen molar-refractivity contribution >= 4 is 16.7 Å². The van der Waals surface area contributed by atoms with E-state index < -0.39 is 0 Å². The number of ketones is 1. The van der Waals surface area contributed by atoms with Crippen molar-refractivity contribution in [2.45, 2.75) is 33.2 Å². The Morgan fingerprint density at radius 2 is 1.96 bits per heavy atom. The number of benzene rings is 2. The molecule has 0 bridgehead atoms. The van der Waals surface area contributed by atoms with Gasteiger partial charge in [-0.1, -0.05) is 43.3 Å². The van der Waals surface area contributed by atoms with E-state index in [4.69, 9.17) is 4.74 Å². The van der Waals surface area contributed by atoms with Crippen LogP contribution in [0.25, 0.3) is 10.9 Å². The van der Waals surface area contributed by atoms with Gasteiger partial charge in [-0.05, 0) is 37.5 Å². The standard InChI is InChI=1S/C23H26N2O2/c1-3-19-9-7-12-21-22(18(2)26)17-25(23(19)21)15-8-13-24-14-16-27-20-10-5-4-6-11-20/h4-7,9-12,14,16-17,24H,3,8,13,15H2,1-2H3/b16-14+. The Bertz CT molecular complexity index is 926. The lowest BCUT2D eigenvalue weighted by Crippen LogP contribution is -2.10. The van der Waals surface area contributed by atoms with Crippen molar-refractivity contribution in [2.24, 2.45) is 0 Å². The quantitative estimate of drug-likeness (QED) is 0.333. The highest BCUT2D eigenvalue weighted by Crippen LogP contribution is 2.26. The van der Waals surface area contributed by atoms with Gasteiger partial charge in [-0.25, -0.2) is 0 Å². The summed E-state index contributed by atoms with van der Waals surface area (Å²) in [4.78, 5) is 12.0. The third kappa shape index (κ3) is 4.59. The number of Topliss-reactive ketones (excluding diaryl/α,β-unsaturated/α-hetero) is 1. The molecule has 1 aromatic heterocycles. The molecule has 1 heterocycles. The molecule has 0 saturated carbocycles. The van der Waals surface area contributed by atoms with Crippen molar-refractivity contribution in [1.82, 2.24) is 9.88 Å². The average molecular weight is 362 g/mol. The summed E-state index contributed by atoms with van der Waals surface area (Å²) < 4.78 is 7.72. The highest BCUT2D eigenvalue weighted by Gasteiger charge is 2.13. The highest BCUT2D eigenvalue weighted by molar-refractivity contribution is 6.07. The zero-order valence-corrected chi connectivity index (χ0v) is 15.9. The van der Waals surface area contributed by atoms with Crippen molar-refractivity contribution in [1.29, 1.82) is 0 Å². The molecule has 0 spiro atoms. The van der Waals surface area contributed by atoms with Gasteiger partial charge in [-0.3, -0.25) is 4.79 Å². The summed E-state index contributed by atoms with van der Waals surface area (Å²) in [6, 6.07) is 15.9. The van der Waals surface area contributed by atoms with E-state index in [0.29, 0.717) is 0 Å². The number of rotatable bonds is 9. The van der Waals surface area contributed by atoms with Crippen LogP contribution < -0.4 is 10.1 Å². The number of hydrogen-bond acceptors (Lipinski definition) is 3. The van der Waals surface area contributed by atoms with E-state index in [2.05, 4.69) is 22.9 Å². The van der Waals surface area contributed by atoms with Crippen LogP contribution in [0.5, 0.6) is 5.75 Å². The molecule has 0 unspecified atom stereocenters. The monoisotopic (exact) mass is 362 g/mol. The first-order valence-electron chi connectivity index (χ1n) is 9.42. The van der Waals surface area contributed by atoms with E-state index in [9.17, 15) is 4.79 Å². The maximum Gasteiger partial charge on any atom is 0.161 e. The van der Waals surface area contributed by atoms with Crippen LogP contribution in [-0.4, -0.2) is 16.9 Å². The van der Waals surface area contributed by atoms with Crippen LogP contribution in [0.4, 0.5) is 0 Å². The fourth-order valence-corrected chi connectivity index (χ4v) is 3.27. The molecule has 3 aromatic rings. The minimum Gasteiger partial charge on any atom is -0.464 e. The molecule has 0 atom stereocenters. The van der Waals surface area contributed by atoms with Crippen molar-refractivity contribution in [3.63, 3.8) is 0 Å². The van der Waals surface area contributed by atoms with Crippen LogP contribution in [-0.2, 0) is 13.0 Å². The van der Waals surface area contributed by atoms with Crippen molar-refractivity contribution in [3.8, 4) is 5.75 Å². The van der Waals surface area contributed by atoms with Crippen molar-refractivity contribution in [3.05, 3.63) is 78.3 Å². The third-order valence-corrected chi connectivity index (χ3v) is 4.60. The maximum absolute atomic E-state index is 12.0. The topological polar surface area (TPSA) is 43.3 Å². The zero-order chi connectivity index (χ0) is 19.1. The van der Waals surface area contributed by atoms with Crippen LogP contribution in [0, 0.1) is 0 Å². The van der Waals surface area contributed by atoms with Crippen LogP contribution >= 0.6 is 0 Å². The molecular formula is C23H26N2O2. The Kier molecular flexibility index (Phi) is 6.31. The molecule has 4 nitrogen and oxygen atoms in total. The second-order valence-electron chi connectivity index (χ2n) is 6.50. The van der Waals surface area contributed by atoms with Gasteiger partial charge in [0, 0.05) is 36.4 Å². The number of aromatic nitrogens is 1. The van der Waals surface area contributed by atoms with Crippen LogP contribution in [0.3, 0.4) is 0 Å². The Balaban J connectivity index is 1.58. The van der Waals surface area contributed by atoms with E-state index in [1.807, 2.05) is 54.9 Å². The first kappa shape index (κ1) is 18.8. The average Bonchev–Trinajstić information content (AvgIpc) is 3.07. The van der Waals surface area contributed by atoms with Gasteiger partial charge in [0.05, 0.1) is 5.52 Å². The fraction of sp³-hybridized carbons (Fsp3) is 0.261. The highest BCUT2D eigenvalue weighted by atomic mass is 16.5. The predicted octanol–water partition coefficient (Wildman–Crippen LogP) is 4.94. The molecule has 0 fully saturated rings. The van der Waals surface area contributed by atoms with Gasteiger partial charge in [0.2, 0.25) is 0 Å². The van der Waals surface area contributed by atoms with Crippen LogP contribution in [0.15, 0.2) is 67.2 Å². The molecular weight excluding hydrogens is 336 g/mol. The molecule has 3 rings (SSSR count). The summed E-state index contributed by atoms with van der Waals surface area (Å²) in [5.74, 6) is 0.935. The number of carbonyl (C=O) groups is 1. The summed E-state index contributed by atoms with van der Waals surface area (Å²) in [6.07, 6.45) is 7.38. The Morgan fingerprint density at radius 3 is 2.70 bits per heavy atom. The fourth-order valence-electron chi connectivity index (χ4n) is 3.27. The molecule has 0 saturated heterocycles. The molecule has 0 aliphatic carbocycles. The zero-order valence-electron chi connectivity index (χ0n) is 15.9. The van der Waals surface area contributed by atoms with Gasteiger partial charge >= 0.3 is 0 Å². The van der Waals surface area contributed by atoms with Crippen molar-refractivity contribution < 1.29 is 9.53 Å². The Labute approximate surface area is 160 Å². The normalized spacial score (nSPS) is 11.2. The summed E-state index contributed by atoms with van der Waals surface area (Å²) in [5.41, 5.74) is 3.28. The second-order valence-corrected chi connectivity index (χ2v) is 6.50. The summed E-state index contributed by atoms with van der Waals surface area (Å²) in [6.45, 7) is 5.48. The summed E-state index contributed by atoms with van der Waals surface area (Å²) >= 11 is 0. The second kappa shape index (κ2) is 9.08. The van der Waals surface area contributed by atoms with Gasteiger partial charge in [-0.2, -0.15) is 0 Å². The van der Waals surface area contributed by atoms with Crippen LogP contribution in [0.2, 0.25) is 0 Å². The lowest BCUT2D eigenvalue weighted by atomic mass is 10.1. The predicted molar refractivity (Wildman–Crippen MR) is 110 cm³/mol. The Hall–Kier alpha value is -3.01. The number of nitrogens with zero attached hydrogens (tertiary/aromatic N) is 1. The molecule has 0 amide bonds. The number of ether oxygens (including phenoxy) is 1. The number of aryl methyl sites for hydroxylation is 2. The lowest BCUT2D eigenvalue weighted by Gasteiger charge is -2.09. The van der Waals surface area contributed by atoms with Gasteiger partial charge in [-0.15, -0.1) is 0 Å². The molecule has 0 aliphatic heterocycles. The van der Waals surface area contributed by atoms with E-state index in [1.165, 1.54) is 11.1 Å². The van der Waals surface area contributed by atoms with Gasteiger partial charge < -0.3 is 14.6 Å². The molecule has 2 aromatic carbocycles. The van der Waals surface area contributed by atoms with E-state index in [1.54, 1.807) is 13.2 Å². The van der Waals surface area contributed by atoms with E-state index >= 15 is 0 Å². The number of nitrogens with one attached hydrogen (secondary N) is 1. The summed E-state index contributed by atoms with van der Waals surface area (Å²) in [5, 5.41) is 4.31. The largest absolute Gasteiger partial charge is 0.464 e. The van der Waals surface area contributed by atoms with Gasteiger partial charge in [0.15, 0.2) is 5.78 Å². The Morgan fingerprint density at radius 1 is 1.15 bits per heavy atom. The van der Waals surface area contributed by atoms with Crippen molar-refractivity contribution in [2.75, 3.05) is 6.54 Å². The SMILES string of the molecule is CCc1cccc2c(C(C)=O)cn(CCCN/C=C/Oc3ccccc3)c12. The first-order chi connectivity index (χ1) is 13.2. The smallest absolute Gasteiger partial charge is 0.161 e. The number of carbonyl (C=O) groups excluding carboxylic acids is 1. The molecule has 27 heavy (non-hydrogen) atoms.